The summed E-state index contributed by atoms with van der Waals surface area (Å²) in [5, 5.41) is 0. The van der Waals surface area contributed by atoms with E-state index < -0.39 is 11.7 Å². The first kappa shape index (κ1) is 17.1. The maximum absolute atomic E-state index is 12.8. The lowest BCUT2D eigenvalue weighted by Crippen LogP contribution is -2.46. The lowest BCUT2D eigenvalue weighted by atomic mass is 10.1. The van der Waals surface area contributed by atoms with Crippen molar-refractivity contribution in [1.82, 2.24) is 4.90 Å². The van der Waals surface area contributed by atoms with Crippen LogP contribution in [0.3, 0.4) is 0 Å². The molecule has 0 aliphatic carbocycles. The average Bonchev–Trinajstić information content (AvgIpc) is 2.47. The minimum atomic E-state index is -4.27. The number of hydrogen-bond acceptors (Lipinski definition) is 2. The van der Waals surface area contributed by atoms with Gasteiger partial charge in [-0.2, -0.15) is 13.2 Å². The molecule has 1 fully saturated rings. The molecule has 0 amide bonds. The molecule has 2 nitrogen and oxygen atoms in total. The molecule has 0 unspecified atom stereocenters. The number of benzene rings is 1. The fraction of sp³-hybridized carbons (Fsp3) is 0.647. The Morgan fingerprint density at radius 2 is 1.77 bits per heavy atom. The largest absolute Gasteiger partial charge is 0.416 e. The van der Waals surface area contributed by atoms with E-state index in [1.807, 2.05) is 4.90 Å². The number of anilines is 1. The number of hydrogen-bond donors (Lipinski definition) is 0. The molecule has 1 saturated heterocycles. The highest BCUT2D eigenvalue weighted by Gasteiger charge is 2.31. The van der Waals surface area contributed by atoms with Crippen LogP contribution in [0, 0.1) is 5.92 Å². The maximum Gasteiger partial charge on any atom is 0.416 e. The van der Waals surface area contributed by atoms with Gasteiger partial charge in [-0.15, -0.1) is 0 Å². The van der Waals surface area contributed by atoms with Gasteiger partial charge in [-0.25, -0.2) is 0 Å². The smallest absolute Gasteiger partial charge is 0.369 e. The van der Waals surface area contributed by atoms with Crippen LogP contribution in [0.15, 0.2) is 24.3 Å². The summed E-state index contributed by atoms with van der Waals surface area (Å²) in [5.41, 5.74) is 0.112. The Morgan fingerprint density at radius 1 is 1.09 bits per heavy atom. The summed E-state index contributed by atoms with van der Waals surface area (Å²) in [4.78, 5) is 4.46. The van der Waals surface area contributed by atoms with Gasteiger partial charge in [0.15, 0.2) is 0 Å². The third-order valence-corrected chi connectivity index (χ3v) is 4.17. The molecule has 0 radical (unpaired) electrons. The number of alkyl halides is 3. The molecule has 1 aliphatic rings. The van der Waals surface area contributed by atoms with E-state index in [-0.39, 0.29) is 0 Å². The second-order valence-corrected chi connectivity index (χ2v) is 6.41. The molecule has 2 rings (SSSR count). The number of rotatable bonds is 5. The van der Waals surface area contributed by atoms with Crippen molar-refractivity contribution >= 4 is 5.69 Å². The molecule has 0 atom stereocenters. The summed E-state index contributed by atoms with van der Waals surface area (Å²) in [5.74, 6) is 0.728. The van der Waals surface area contributed by atoms with Crippen LogP contribution in [0.1, 0.15) is 32.3 Å². The summed E-state index contributed by atoms with van der Waals surface area (Å²) < 4.78 is 38.3. The van der Waals surface area contributed by atoms with Crippen molar-refractivity contribution in [2.75, 3.05) is 37.6 Å². The molecule has 22 heavy (non-hydrogen) atoms. The van der Waals surface area contributed by atoms with E-state index >= 15 is 0 Å². The molecule has 1 aromatic carbocycles. The van der Waals surface area contributed by atoms with Gasteiger partial charge in [0, 0.05) is 31.9 Å². The Hall–Kier alpha value is -1.23. The highest BCUT2D eigenvalue weighted by Crippen LogP contribution is 2.31. The zero-order valence-corrected chi connectivity index (χ0v) is 13.4. The van der Waals surface area contributed by atoms with Gasteiger partial charge >= 0.3 is 6.18 Å². The maximum atomic E-state index is 12.8. The first-order chi connectivity index (χ1) is 10.4. The van der Waals surface area contributed by atoms with Crippen molar-refractivity contribution in [2.24, 2.45) is 5.92 Å². The predicted molar refractivity (Wildman–Crippen MR) is 84.2 cm³/mol. The second kappa shape index (κ2) is 7.36. The molecule has 0 aromatic heterocycles. The van der Waals surface area contributed by atoms with Crippen molar-refractivity contribution in [1.29, 1.82) is 0 Å². The molecule has 0 saturated carbocycles. The molecule has 5 heteroatoms. The first-order valence-corrected chi connectivity index (χ1v) is 8.01. The normalized spacial score (nSPS) is 17.3. The van der Waals surface area contributed by atoms with Crippen LogP contribution >= 0.6 is 0 Å². The molecule has 0 spiro atoms. The molecule has 124 valence electrons. The van der Waals surface area contributed by atoms with E-state index in [0.29, 0.717) is 5.69 Å². The van der Waals surface area contributed by atoms with Gasteiger partial charge < -0.3 is 4.90 Å². The van der Waals surface area contributed by atoms with Crippen LogP contribution in [0.25, 0.3) is 0 Å². The summed E-state index contributed by atoms with van der Waals surface area (Å²) >= 11 is 0. The van der Waals surface area contributed by atoms with Gasteiger partial charge in [0.05, 0.1) is 5.56 Å². The number of halogens is 3. The second-order valence-electron chi connectivity index (χ2n) is 6.41. The van der Waals surface area contributed by atoms with Crippen molar-refractivity contribution in [3.05, 3.63) is 29.8 Å². The standard InChI is InChI=1S/C17H25F3N2/c1-14(2)5-4-8-21-9-11-22(12-10-21)16-7-3-6-15(13-16)17(18,19)20/h3,6-7,13-14H,4-5,8-12H2,1-2H3. The predicted octanol–water partition coefficient (Wildman–Crippen LogP) is 4.26. The van der Waals surface area contributed by atoms with E-state index in [4.69, 9.17) is 0 Å². The van der Waals surface area contributed by atoms with Gasteiger partial charge in [0.2, 0.25) is 0 Å². The van der Waals surface area contributed by atoms with Gasteiger partial charge in [-0.05, 0) is 43.5 Å². The summed E-state index contributed by atoms with van der Waals surface area (Å²) in [6.07, 6.45) is -1.84. The van der Waals surface area contributed by atoms with E-state index in [0.717, 1.165) is 44.7 Å². The monoisotopic (exact) mass is 314 g/mol. The minimum Gasteiger partial charge on any atom is -0.369 e. The fourth-order valence-corrected chi connectivity index (χ4v) is 2.83. The molecule has 1 aromatic rings. The average molecular weight is 314 g/mol. The van der Waals surface area contributed by atoms with Crippen molar-refractivity contribution in [3.8, 4) is 0 Å². The third-order valence-electron chi connectivity index (χ3n) is 4.17. The minimum absolute atomic E-state index is 0.565. The Labute approximate surface area is 130 Å². The topological polar surface area (TPSA) is 6.48 Å². The Bertz CT molecular complexity index is 463. The lowest BCUT2D eigenvalue weighted by Gasteiger charge is -2.36. The molecule has 0 N–H and O–H groups in total. The SMILES string of the molecule is CC(C)CCCN1CCN(c2cccc(C(F)(F)F)c2)CC1. The van der Waals surface area contributed by atoms with Crippen molar-refractivity contribution in [2.45, 2.75) is 32.9 Å². The number of nitrogens with zero attached hydrogens (tertiary/aromatic N) is 2. The summed E-state index contributed by atoms with van der Waals surface area (Å²) in [7, 11) is 0. The van der Waals surface area contributed by atoms with Crippen LogP contribution in [-0.4, -0.2) is 37.6 Å². The highest BCUT2D eigenvalue weighted by molar-refractivity contribution is 5.49. The Morgan fingerprint density at radius 3 is 2.36 bits per heavy atom. The van der Waals surface area contributed by atoms with E-state index in [9.17, 15) is 13.2 Å². The van der Waals surface area contributed by atoms with Crippen molar-refractivity contribution < 1.29 is 13.2 Å². The van der Waals surface area contributed by atoms with Gasteiger partial charge in [-0.3, -0.25) is 4.90 Å². The first-order valence-electron chi connectivity index (χ1n) is 8.01. The van der Waals surface area contributed by atoms with Crippen LogP contribution in [0.2, 0.25) is 0 Å². The quantitative estimate of drug-likeness (QED) is 0.801. The van der Waals surface area contributed by atoms with E-state index in [1.165, 1.54) is 25.0 Å². The van der Waals surface area contributed by atoms with Gasteiger partial charge in [0.25, 0.3) is 0 Å². The number of piperazine rings is 1. The molecular formula is C17H25F3N2. The van der Waals surface area contributed by atoms with Gasteiger partial charge in [0.1, 0.15) is 0 Å². The van der Waals surface area contributed by atoms with Gasteiger partial charge in [-0.1, -0.05) is 19.9 Å². The Balaban J connectivity index is 1.86. The van der Waals surface area contributed by atoms with Crippen molar-refractivity contribution in [3.63, 3.8) is 0 Å². The van der Waals surface area contributed by atoms with Crippen LogP contribution < -0.4 is 4.90 Å². The third kappa shape index (κ3) is 4.90. The summed E-state index contributed by atoms with van der Waals surface area (Å²) in [6, 6.07) is 5.65. The molecule has 0 bridgehead atoms. The molecule has 1 aliphatic heterocycles. The van der Waals surface area contributed by atoms with E-state index in [1.54, 1.807) is 6.07 Å². The van der Waals surface area contributed by atoms with Crippen LogP contribution in [-0.2, 0) is 6.18 Å². The molecule has 1 heterocycles. The summed E-state index contributed by atoms with van der Waals surface area (Å²) in [6.45, 7) is 8.99. The van der Waals surface area contributed by atoms with Crippen LogP contribution in [0.4, 0.5) is 18.9 Å². The highest BCUT2D eigenvalue weighted by atomic mass is 19.4. The zero-order chi connectivity index (χ0) is 16.2. The zero-order valence-electron chi connectivity index (χ0n) is 13.4. The fourth-order valence-electron chi connectivity index (χ4n) is 2.83. The lowest BCUT2D eigenvalue weighted by molar-refractivity contribution is -0.137. The van der Waals surface area contributed by atoms with Crippen LogP contribution in [0.5, 0.6) is 0 Å². The van der Waals surface area contributed by atoms with E-state index in [2.05, 4.69) is 18.7 Å². The molecular weight excluding hydrogens is 289 g/mol. The Kier molecular flexibility index (Phi) is 5.73.